The van der Waals surface area contributed by atoms with Gasteiger partial charge in [-0.25, -0.2) is 0 Å². The molecule has 7 nitrogen and oxygen atoms in total. The summed E-state index contributed by atoms with van der Waals surface area (Å²) in [5.41, 5.74) is 0.606. The van der Waals surface area contributed by atoms with E-state index in [1.165, 1.54) is 24.3 Å². The standard InChI is InChI=1S/C14H21N3O4/c1-10(2)14(19)16-8-7-15-9-13(18)11-3-5-12(6-4-11)17(20)21/h3-6,10,13,15,18H,7-9H2,1-2H3,(H,16,19)/t13-/m1/s1. The Labute approximate surface area is 123 Å². The molecule has 1 amide bonds. The van der Waals surface area contributed by atoms with Crippen LogP contribution in [-0.2, 0) is 4.79 Å². The monoisotopic (exact) mass is 295 g/mol. The lowest BCUT2D eigenvalue weighted by Gasteiger charge is -2.13. The van der Waals surface area contributed by atoms with Crippen LogP contribution in [0.4, 0.5) is 5.69 Å². The Morgan fingerprint density at radius 2 is 1.90 bits per heavy atom. The molecule has 0 radical (unpaired) electrons. The van der Waals surface area contributed by atoms with E-state index in [9.17, 15) is 20.0 Å². The number of nitro groups is 1. The molecular formula is C14H21N3O4. The van der Waals surface area contributed by atoms with Crippen molar-refractivity contribution in [3.63, 3.8) is 0 Å². The summed E-state index contributed by atoms with van der Waals surface area (Å²) in [7, 11) is 0. The summed E-state index contributed by atoms with van der Waals surface area (Å²) >= 11 is 0. The average molecular weight is 295 g/mol. The normalized spacial score (nSPS) is 12.2. The Balaban J connectivity index is 2.29. The number of non-ortho nitro benzene ring substituents is 1. The van der Waals surface area contributed by atoms with Crippen molar-refractivity contribution in [3.8, 4) is 0 Å². The molecule has 0 bridgehead atoms. The lowest BCUT2D eigenvalue weighted by Crippen LogP contribution is -2.35. The maximum absolute atomic E-state index is 11.3. The van der Waals surface area contributed by atoms with Crippen molar-refractivity contribution in [2.45, 2.75) is 20.0 Å². The minimum Gasteiger partial charge on any atom is -0.387 e. The number of carbonyl (C=O) groups is 1. The number of aliphatic hydroxyl groups is 1. The fraction of sp³-hybridized carbons (Fsp3) is 0.500. The molecule has 0 aromatic heterocycles. The predicted molar refractivity (Wildman–Crippen MR) is 78.8 cm³/mol. The number of hydrogen-bond donors (Lipinski definition) is 3. The summed E-state index contributed by atoms with van der Waals surface area (Å²) in [5, 5.41) is 26.2. The van der Waals surface area contributed by atoms with E-state index in [2.05, 4.69) is 10.6 Å². The Hall–Kier alpha value is -1.99. The molecular weight excluding hydrogens is 274 g/mol. The van der Waals surface area contributed by atoms with Crippen molar-refractivity contribution < 1.29 is 14.8 Å². The number of carbonyl (C=O) groups excluding carboxylic acids is 1. The SMILES string of the molecule is CC(C)C(=O)NCCNC[C@@H](O)c1ccc([N+](=O)[O-])cc1. The Morgan fingerprint density at radius 1 is 1.29 bits per heavy atom. The third-order valence-electron chi connectivity index (χ3n) is 2.95. The maximum atomic E-state index is 11.3. The van der Waals surface area contributed by atoms with E-state index >= 15 is 0 Å². The second kappa shape index (κ2) is 8.33. The number of amides is 1. The first-order chi connectivity index (χ1) is 9.91. The number of aliphatic hydroxyl groups excluding tert-OH is 1. The van der Waals surface area contributed by atoms with E-state index in [4.69, 9.17) is 0 Å². The van der Waals surface area contributed by atoms with Crippen molar-refractivity contribution in [2.75, 3.05) is 19.6 Å². The van der Waals surface area contributed by atoms with Gasteiger partial charge in [-0.15, -0.1) is 0 Å². The zero-order valence-corrected chi connectivity index (χ0v) is 12.2. The first kappa shape index (κ1) is 17.1. The molecule has 0 saturated heterocycles. The topological polar surface area (TPSA) is 104 Å². The van der Waals surface area contributed by atoms with Crippen LogP contribution in [0.15, 0.2) is 24.3 Å². The van der Waals surface area contributed by atoms with E-state index in [0.717, 1.165) is 0 Å². The fourth-order valence-corrected chi connectivity index (χ4v) is 1.65. The number of nitro benzene ring substituents is 1. The summed E-state index contributed by atoms with van der Waals surface area (Å²) < 4.78 is 0. The molecule has 7 heteroatoms. The number of benzene rings is 1. The van der Waals surface area contributed by atoms with E-state index in [1.807, 2.05) is 13.8 Å². The van der Waals surface area contributed by atoms with Crippen LogP contribution in [0.5, 0.6) is 0 Å². The first-order valence-electron chi connectivity index (χ1n) is 6.82. The first-order valence-corrected chi connectivity index (χ1v) is 6.82. The molecule has 1 aromatic carbocycles. The third kappa shape index (κ3) is 5.88. The minimum atomic E-state index is -0.744. The summed E-state index contributed by atoms with van der Waals surface area (Å²) in [4.78, 5) is 21.3. The highest BCUT2D eigenvalue weighted by molar-refractivity contribution is 5.77. The number of hydrogen-bond acceptors (Lipinski definition) is 5. The zero-order valence-electron chi connectivity index (χ0n) is 12.2. The van der Waals surface area contributed by atoms with Gasteiger partial charge < -0.3 is 15.7 Å². The van der Waals surface area contributed by atoms with Crippen LogP contribution >= 0.6 is 0 Å². The van der Waals surface area contributed by atoms with Crippen molar-refractivity contribution in [1.82, 2.24) is 10.6 Å². The van der Waals surface area contributed by atoms with Gasteiger partial charge in [-0.2, -0.15) is 0 Å². The van der Waals surface area contributed by atoms with E-state index < -0.39 is 11.0 Å². The Morgan fingerprint density at radius 3 is 2.43 bits per heavy atom. The molecule has 0 aliphatic carbocycles. The van der Waals surface area contributed by atoms with Gasteiger partial charge in [0.15, 0.2) is 0 Å². The van der Waals surface area contributed by atoms with Gasteiger partial charge in [0.05, 0.1) is 11.0 Å². The van der Waals surface area contributed by atoms with E-state index in [0.29, 0.717) is 25.2 Å². The summed E-state index contributed by atoms with van der Waals surface area (Å²) in [6, 6.07) is 5.79. The molecule has 1 aromatic rings. The highest BCUT2D eigenvalue weighted by atomic mass is 16.6. The molecule has 1 atom stereocenters. The van der Waals surface area contributed by atoms with Crippen LogP contribution in [0, 0.1) is 16.0 Å². The second-order valence-electron chi connectivity index (χ2n) is 5.01. The number of rotatable bonds is 8. The van der Waals surface area contributed by atoms with Gasteiger partial charge in [-0.05, 0) is 17.7 Å². The highest BCUT2D eigenvalue weighted by Gasteiger charge is 2.10. The fourth-order valence-electron chi connectivity index (χ4n) is 1.65. The van der Waals surface area contributed by atoms with Crippen molar-refractivity contribution in [3.05, 3.63) is 39.9 Å². The van der Waals surface area contributed by atoms with Crippen LogP contribution in [0.1, 0.15) is 25.5 Å². The van der Waals surface area contributed by atoms with E-state index in [1.54, 1.807) is 0 Å². The molecule has 0 heterocycles. The molecule has 0 fully saturated rings. The molecule has 0 aliphatic heterocycles. The predicted octanol–water partition coefficient (Wildman–Crippen LogP) is 0.990. The van der Waals surface area contributed by atoms with Crippen LogP contribution in [0.2, 0.25) is 0 Å². The number of nitrogens with zero attached hydrogens (tertiary/aromatic N) is 1. The molecule has 0 unspecified atom stereocenters. The second-order valence-corrected chi connectivity index (χ2v) is 5.01. The highest BCUT2D eigenvalue weighted by Crippen LogP contribution is 2.17. The zero-order chi connectivity index (χ0) is 15.8. The molecule has 0 saturated carbocycles. The molecule has 1 rings (SSSR count). The smallest absolute Gasteiger partial charge is 0.269 e. The van der Waals surface area contributed by atoms with Crippen molar-refractivity contribution >= 4 is 11.6 Å². The molecule has 0 spiro atoms. The average Bonchev–Trinajstić information content (AvgIpc) is 2.46. The molecule has 21 heavy (non-hydrogen) atoms. The molecule has 0 aliphatic rings. The van der Waals surface area contributed by atoms with Crippen LogP contribution in [-0.4, -0.2) is 35.6 Å². The lowest BCUT2D eigenvalue weighted by atomic mass is 10.1. The van der Waals surface area contributed by atoms with Gasteiger partial charge in [0.25, 0.3) is 5.69 Å². The Kier molecular flexibility index (Phi) is 6.77. The van der Waals surface area contributed by atoms with Crippen LogP contribution < -0.4 is 10.6 Å². The van der Waals surface area contributed by atoms with Crippen LogP contribution in [0.25, 0.3) is 0 Å². The van der Waals surface area contributed by atoms with Gasteiger partial charge in [-0.1, -0.05) is 13.8 Å². The van der Waals surface area contributed by atoms with Gasteiger partial charge in [0.1, 0.15) is 0 Å². The van der Waals surface area contributed by atoms with Gasteiger partial charge >= 0.3 is 0 Å². The minimum absolute atomic E-state index is 0.00435. The maximum Gasteiger partial charge on any atom is 0.269 e. The van der Waals surface area contributed by atoms with E-state index in [-0.39, 0.29) is 17.5 Å². The third-order valence-corrected chi connectivity index (χ3v) is 2.95. The molecule has 116 valence electrons. The summed E-state index contributed by atoms with van der Waals surface area (Å²) in [6.45, 7) is 4.99. The van der Waals surface area contributed by atoms with Gasteiger partial charge in [0.2, 0.25) is 5.91 Å². The number of nitrogens with one attached hydrogen (secondary N) is 2. The Bertz CT molecular complexity index is 474. The lowest BCUT2D eigenvalue weighted by molar-refractivity contribution is -0.384. The van der Waals surface area contributed by atoms with Crippen molar-refractivity contribution in [2.24, 2.45) is 5.92 Å². The molecule has 3 N–H and O–H groups in total. The largest absolute Gasteiger partial charge is 0.387 e. The summed E-state index contributed by atoms with van der Waals surface area (Å²) in [5.74, 6) is -0.0524. The van der Waals surface area contributed by atoms with Gasteiger partial charge in [0, 0.05) is 37.7 Å². The van der Waals surface area contributed by atoms with Gasteiger partial charge in [-0.3, -0.25) is 14.9 Å². The summed E-state index contributed by atoms with van der Waals surface area (Å²) in [6.07, 6.45) is -0.744. The quantitative estimate of drug-likeness (QED) is 0.377. The van der Waals surface area contributed by atoms with Crippen molar-refractivity contribution in [1.29, 1.82) is 0 Å². The van der Waals surface area contributed by atoms with Crippen LogP contribution in [0.3, 0.4) is 0 Å².